The van der Waals surface area contributed by atoms with Gasteiger partial charge in [-0.05, 0) is 52.0 Å². The third-order valence-corrected chi connectivity index (χ3v) is 5.67. The second-order valence-electron chi connectivity index (χ2n) is 9.34. The van der Waals surface area contributed by atoms with Gasteiger partial charge in [0.05, 0.1) is 17.8 Å². The molecule has 1 saturated carbocycles. The van der Waals surface area contributed by atoms with Crippen molar-refractivity contribution in [2.24, 2.45) is 5.73 Å². The molecule has 0 bridgehead atoms. The molecule has 4 rings (SSSR count). The number of amides is 3. The zero-order valence-electron chi connectivity index (χ0n) is 17.7. The molecular weight excluding hydrogens is 364 g/mol. The summed E-state index contributed by atoms with van der Waals surface area (Å²) < 4.78 is 2.26. The summed E-state index contributed by atoms with van der Waals surface area (Å²) in [6, 6.07) is 8.16. The molecule has 6 nitrogen and oxygen atoms in total. The number of nitrogens with one attached hydrogen (secondary N) is 1. The summed E-state index contributed by atoms with van der Waals surface area (Å²) in [5.41, 5.74) is 11.4. The second kappa shape index (κ2) is 6.94. The van der Waals surface area contributed by atoms with E-state index in [2.05, 4.69) is 41.1 Å². The first-order valence-corrected chi connectivity index (χ1v) is 10.3. The van der Waals surface area contributed by atoms with E-state index in [9.17, 15) is 9.59 Å². The fourth-order valence-electron chi connectivity index (χ4n) is 4.22. The highest BCUT2D eigenvalue weighted by Crippen LogP contribution is 2.48. The Balaban J connectivity index is 1.80. The number of nitrogens with zero attached hydrogens (tertiary/aromatic N) is 2. The number of fused-ring (bicyclic) bond motifs is 1. The highest BCUT2D eigenvalue weighted by Gasteiger charge is 2.38. The quantitative estimate of drug-likeness (QED) is 0.831. The number of rotatable bonds is 3. The van der Waals surface area contributed by atoms with Crippen molar-refractivity contribution in [3.05, 3.63) is 46.8 Å². The summed E-state index contributed by atoms with van der Waals surface area (Å²) in [5.74, 6) is 0.0439. The van der Waals surface area contributed by atoms with Gasteiger partial charge in [-0.3, -0.25) is 4.79 Å². The Hall–Kier alpha value is -2.76. The molecule has 2 aliphatic rings. The molecule has 0 atom stereocenters. The average molecular weight is 395 g/mol. The summed E-state index contributed by atoms with van der Waals surface area (Å²) >= 11 is 0. The van der Waals surface area contributed by atoms with Crippen LogP contribution in [0.25, 0.3) is 11.1 Å². The van der Waals surface area contributed by atoms with E-state index in [1.165, 1.54) is 11.3 Å². The number of urea groups is 1. The minimum Gasteiger partial charge on any atom is -0.366 e. The number of carbonyl (C=O) groups excluding carboxylic acids is 2. The van der Waals surface area contributed by atoms with Gasteiger partial charge in [0.2, 0.25) is 0 Å². The number of primary amides is 1. The van der Waals surface area contributed by atoms with Crippen LogP contribution in [0.2, 0.25) is 0 Å². The van der Waals surface area contributed by atoms with E-state index in [0.29, 0.717) is 31.1 Å². The number of aromatic nitrogens is 1. The van der Waals surface area contributed by atoms with Gasteiger partial charge in [-0.15, -0.1) is 0 Å². The van der Waals surface area contributed by atoms with E-state index in [4.69, 9.17) is 5.73 Å². The van der Waals surface area contributed by atoms with Crippen LogP contribution in [0.1, 0.15) is 66.8 Å². The van der Waals surface area contributed by atoms with Crippen molar-refractivity contribution in [3.8, 4) is 11.1 Å². The minimum absolute atomic E-state index is 0.106. The number of hydrogen-bond donors (Lipinski definition) is 2. The molecule has 2 aromatic rings. The summed E-state index contributed by atoms with van der Waals surface area (Å²) in [6.07, 6.45) is 2.27. The minimum atomic E-state index is -0.422. The molecule has 0 unspecified atom stereocenters. The molecule has 1 aliphatic heterocycles. The van der Waals surface area contributed by atoms with Gasteiger partial charge in [-0.2, -0.15) is 0 Å². The Morgan fingerprint density at radius 2 is 1.76 bits per heavy atom. The fourth-order valence-corrected chi connectivity index (χ4v) is 4.22. The van der Waals surface area contributed by atoms with Crippen LogP contribution in [0, 0.1) is 6.92 Å². The molecule has 29 heavy (non-hydrogen) atoms. The van der Waals surface area contributed by atoms with Crippen molar-refractivity contribution in [2.75, 3.05) is 6.54 Å². The normalized spacial score (nSPS) is 16.5. The average Bonchev–Trinajstić information content (AvgIpc) is 3.41. The third-order valence-electron chi connectivity index (χ3n) is 5.67. The molecule has 1 aliphatic carbocycles. The van der Waals surface area contributed by atoms with Crippen molar-refractivity contribution < 1.29 is 9.59 Å². The lowest BCUT2D eigenvalue weighted by Crippen LogP contribution is -2.50. The molecule has 1 aromatic carbocycles. The van der Waals surface area contributed by atoms with E-state index < -0.39 is 5.91 Å². The number of carbonyl (C=O) groups is 2. The summed E-state index contributed by atoms with van der Waals surface area (Å²) in [5, 5.41) is 3.02. The number of aryl methyl sites for hydroxylation is 1. The van der Waals surface area contributed by atoms with E-state index in [0.717, 1.165) is 29.7 Å². The zero-order valence-corrected chi connectivity index (χ0v) is 17.7. The lowest BCUT2D eigenvalue weighted by atomic mass is 9.97. The van der Waals surface area contributed by atoms with Gasteiger partial charge in [0, 0.05) is 29.9 Å². The SMILES string of the molecule is Cc1ccc(-c2c(C(N)=O)c3n(c2C2CC2)CCN(C(=O)NC(C)(C)C)C3)cc1. The Labute approximate surface area is 172 Å². The molecule has 0 spiro atoms. The first-order chi connectivity index (χ1) is 13.7. The van der Waals surface area contributed by atoms with E-state index >= 15 is 0 Å². The molecule has 3 N–H and O–H groups in total. The van der Waals surface area contributed by atoms with Crippen LogP contribution in [0.5, 0.6) is 0 Å². The fraction of sp³-hybridized carbons (Fsp3) is 0.478. The largest absolute Gasteiger partial charge is 0.366 e. The van der Waals surface area contributed by atoms with Crippen LogP contribution < -0.4 is 11.1 Å². The van der Waals surface area contributed by atoms with Crippen molar-refractivity contribution >= 4 is 11.9 Å². The van der Waals surface area contributed by atoms with Crippen molar-refractivity contribution in [1.82, 2.24) is 14.8 Å². The van der Waals surface area contributed by atoms with Crippen LogP contribution in [-0.4, -0.2) is 33.5 Å². The monoisotopic (exact) mass is 394 g/mol. The van der Waals surface area contributed by atoms with Gasteiger partial charge in [-0.1, -0.05) is 29.8 Å². The molecule has 1 fully saturated rings. The predicted molar refractivity (Wildman–Crippen MR) is 114 cm³/mol. The van der Waals surface area contributed by atoms with Crippen LogP contribution >= 0.6 is 0 Å². The number of benzene rings is 1. The van der Waals surface area contributed by atoms with E-state index in [1.807, 2.05) is 20.8 Å². The molecule has 1 aromatic heterocycles. The van der Waals surface area contributed by atoms with Crippen LogP contribution in [-0.2, 0) is 13.1 Å². The van der Waals surface area contributed by atoms with E-state index in [1.54, 1.807) is 4.90 Å². The van der Waals surface area contributed by atoms with Gasteiger partial charge in [-0.25, -0.2) is 4.79 Å². The first-order valence-electron chi connectivity index (χ1n) is 10.3. The molecule has 0 radical (unpaired) electrons. The van der Waals surface area contributed by atoms with Gasteiger partial charge in [0.15, 0.2) is 0 Å². The van der Waals surface area contributed by atoms with Crippen LogP contribution in [0.3, 0.4) is 0 Å². The van der Waals surface area contributed by atoms with Crippen molar-refractivity contribution in [3.63, 3.8) is 0 Å². The molecule has 6 heteroatoms. The van der Waals surface area contributed by atoms with Crippen molar-refractivity contribution in [2.45, 2.75) is 65.1 Å². The smallest absolute Gasteiger partial charge is 0.318 e. The molecular formula is C23H30N4O2. The maximum atomic E-state index is 12.7. The Morgan fingerprint density at radius 3 is 2.31 bits per heavy atom. The molecule has 3 amide bonds. The zero-order chi connectivity index (χ0) is 20.9. The van der Waals surface area contributed by atoms with Crippen LogP contribution in [0.4, 0.5) is 4.79 Å². The summed E-state index contributed by atoms with van der Waals surface area (Å²) in [6.45, 7) is 9.65. The number of hydrogen-bond acceptors (Lipinski definition) is 2. The first kappa shape index (κ1) is 19.6. The lowest BCUT2D eigenvalue weighted by molar-refractivity contribution is 0.0997. The highest BCUT2D eigenvalue weighted by molar-refractivity contribution is 6.02. The molecule has 154 valence electrons. The Morgan fingerprint density at radius 1 is 1.10 bits per heavy atom. The second-order valence-corrected chi connectivity index (χ2v) is 9.34. The molecule has 2 heterocycles. The Kier molecular flexibility index (Phi) is 4.68. The standard InChI is InChI=1S/C23H30N4O2/c1-14-5-7-15(8-6-14)18-19(21(24)28)17-13-26(22(29)25-23(2,3)4)11-12-27(17)20(18)16-9-10-16/h5-8,16H,9-13H2,1-4H3,(H2,24,28)(H,25,29). The maximum absolute atomic E-state index is 12.7. The van der Waals surface area contributed by atoms with Gasteiger partial charge in [0.1, 0.15) is 0 Å². The summed E-state index contributed by atoms with van der Waals surface area (Å²) in [4.78, 5) is 27.1. The lowest BCUT2D eigenvalue weighted by Gasteiger charge is -2.33. The Bertz CT molecular complexity index is 962. The molecule has 0 saturated heterocycles. The van der Waals surface area contributed by atoms with Gasteiger partial charge in [0.25, 0.3) is 5.91 Å². The summed E-state index contributed by atoms with van der Waals surface area (Å²) in [7, 11) is 0. The van der Waals surface area contributed by atoms with E-state index in [-0.39, 0.29) is 11.6 Å². The number of nitrogens with two attached hydrogens (primary N) is 1. The highest BCUT2D eigenvalue weighted by atomic mass is 16.2. The van der Waals surface area contributed by atoms with Gasteiger partial charge < -0.3 is 20.5 Å². The van der Waals surface area contributed by atoms with Crippen LogP contribution in [0.15, 0.2) is 24.3 Å². The maximum Gasteiger partial charge on any atom is 0.318 e. The predicted octanol–water partition coefficient (Wildman–Crippen LogP) is 3.76. The topological polar surface area (TPSA) is 80.4 Å². The van der Waals surface area contributed by atoms with Gasteiger partial charge >= 0.3 is 6.03 Å². The van der Waals surface area contributed by atoms with Crippen molar-refractivity contribution in [1.29, 1.82) is 0 Å². The third kappa shape index (κ3) is 3.76.